The van der Waals surface area contributed by atoms with Gasteiger partial charge in [0.15, 0.2) is 0 Å². The van der Waals surface area contributed by atoms with Gasteiger partial charge < -0.3 is 9.42 Å². The van der Waals surface area contributed by atoms with Gasteiger partial charge in [0.25, 0.3) is 5.89 Å². The van der Waals surface area contributed by atoms with Crippen molar-refractivity contribution in [2.24, 2.45) is 11.8 Å². The number of aromatic nitrogens is 2. The van der Waals surface area contributed by atoms with Gasteiger partial charge in [0.1, 0.15) is 0 Å². The Labute approximate surface area is 204 Å². The van der Waals surface area contributed by atoms with Crippen LogP contribution in [0.25, 0.3) is 17.5 Å². The van der Waals surface area contributed by atoms with Crippen LogP contribution in [0.2, 0.25) is 15.1 Å². The van der Waals surface area contributed by atoms with Gasteiger partial charge in [0, 0.05) is 16.6 Å². The second kappa shape index (κ2) is 10.4. The zero-order chi connectivity index (χ0) is 22.7. The lowest BCUT2D eigenvalue weighted by Gasteiger charge is -2.37. The lowest BCUT2D eigenvalue weighted by Crippen LogP contribution is -2.30. The highest BCUT2D eigenvalue weighted by molar-refractivity contribution is 6.43. The molecule has 1 saturated carbocycles. The third-order valence-electron chi connectivity index (χ3n) is 6.18. The first kappa shape index (κ1) is 23.3. The van der Waals surface area contributed by atoms with Crippen molar-refractivity contribution >= 4 is 40.9 Å². The number of allylic oxidation sites excluding steroid dienone is 1. The molecule has 0 amide bonds. The summed E-state index contributed by atoms with van der Waals surface area (Å²) in [5.41, 5.74) is 2.00. The summed E-state index contributed by atoms with van der Waals surface area (Å²) in [6.07, 6.45) is 8.74. The van der Waals surface area contributed by atoms with Gasteiger partial charge in [-0.1, -0.05) is 64.2 Å². The van der Waals surface area contributed by atoms with Crippen molar-refractivity contribution in [2.45, 2.75) is 31.7 Å². The Balaban J connectivity index is 1.38. The molecule has 0 bridgehead atoms. The van der Waals surface area contributed by atoms with Gasteiger partial charge in [0.2, 0.25) is 5.82 Å². The van der Waals surface area contributed by atoms with Crippen LogP contribution in [0.5, 0.6) is 0 Å². The van der Waals surface area contributed by atoms with Crippen LogP contribution in [0, 0.1) is 11.8 Å². The van der Waals surface area contributed by atoms with Crippen molar-refractivity contribution in [2.75, 3.05) is 14.1 Å². The van der Waals surface area contributed by atoms with Gasteiger partial charge in [0.05, 0.1) is 10.0 Å². The first-order chi connectivity index (χ1) is 15.4. The average Bonchev–Trinajstić information content (AvgIpc) is 3.25. The van der Waals surface area contributed by atoms with Gasteiger partial charge in [-0.3, -0.25) is 0 Å². The summed E-state index contributed by atoms with van der Waals surface area (Å²) in [7, 11) is 4.31. The number of rotatable bonds is 6. The fourth-order valence-corrected chi connectivity index (χ4v) is 5.12. The van der Waals surface area contributed by atoms with E-state index in [2.05, 4.69) is 47.3 Å². The summed E-state index contributed by atoms with van der Waals surface area (Å²) in [5, 5.41) is 5.73. The van der Waals surface area contributed by atoms with Crippen molar-refractivity contribution < 1.29 is 4.52 Å². The minimum absolute atomic E-state index is 0.401. The third kappa shape index (κ3) is 5.37. The van der Waals surface area contributed by atoms with E-state index in [4.69, 9.17) is 39.3 Å². The number of hydrogen-bond acceptors (Lipinski definition) is 4. The first-order valence-corrected chi connectivity index (χ1v) is 11.9. The Morgan fingerprint density at radius 2 is 1.72 bits per heavy atom. The van der Waals surface area contributed by atoms with Crippen molar-refractivity contribution in [1.82, 2.24) is 15.0 Å². The zero-order valence-corrected chi connectivity index (χ0v) is 20.4. The molecule has 0 radical (unpaired) electrons. The van der Waals surface area contributed by atoms with E-state index in [0.717, 1.165) is 17.9 Å². The summed E-state index contributed by atoms with van der Waals surface area (Å²) < 4.78 is 5.40. The Hall–Kier alpha value is -1.85. The second-order valence-electron chi connectivity index (χ2n) is 8.55. The predicted molar refractivity (Wildman–Crippen MR) is 132 cm³/mol. The van der Waals surface area contributed by atoms with Gasteiger partial charge >= 0.3 is 0 Å². The highest BCUT2D eigenvalue weighted by atomic mass is 35.5. The number of benzene rings is 2. The maximum absolute atomic E-state index is 6.27. The molecule has 0 N–H and O–H groups in total. The van der Waals surface area contributed by atoms with Crippen LogP contribution in [-0.4, -0.2) is 29.1 Å². The van der Waals surface area contributed by atoms with Crippen LogP contribution in [-0.2, 0) is 0 Å². The highest BCUT2D eigenvalue weighted by Gasteiger charge is 2.29. The molecule has 7 heteroatoms. The molecular formula is C25H26Cl3N3O. The molecule has 0 aliphatic heterocycles. The topological polar surface area (TPSA) is 42.2 Å². The molecule has 3 aromatic rings. The number of hydrogen-bond donors (Lipinski definition) is 0. The number of halogens is 3. The first-order valence-electron chi connectivity index (χ1n) is 10.8. The van der Waals surface area contributed by atoms with E-state index in [1.165, 1.54) is 18.4 Å². The molecule has 1 aliphatic rings. The van der Waals surface area contributed by atoms with E-state index in [-0.39, 0.29) is 0 Å². The lowest BCUT2D eigenvalue weighted by atomic mass is 9.76. The zero-order valence-electron chi connectivity index (χ0n) is 18.1. The van der Waals surface area contributed by atoms with Crippen LogP contribution in [0.4, 0.5) is 0 Å². The summed E-state index contributed by atoms with van der Waals surface area (Å²) in [5.74, 6) is 2.04. The third-order valence-corrected chi connectivity index (χ3v) is 7.25. The molecule has 1 unspecified atom stereocenters. The van der Waals surface area contributed by atoms with E-state index in [1.54, 1.807) is 6.07 Å². The van der Waals surface area contributed by atoms with Crippen molar-refractivity contribution in [3.05, 3.63) is 75.1 Å². The minimum Gasteiger partial charge on any atom is -0.334 e. The average molecular weight is 491 g/mol. The largest absolute Gasteiger partial charge is 0.334 e. The van der Waals surface area contributed by atoms with E-state index < -0.39 is 0 Å². The van der Waals surface area contributed by atoms with Gasteiger partial charge in [-0.25, -0.2) is 0 Å². The van der Waals surface area contributed by atoms with Gasteiger partial charge in [-0.05, 0) is 87.5 Å². The normalized spacial score (nSPS) is 20.2. The maximum atomic E-state index is 6.27. The summed E-state index contributed by atoms with van der Waals surface area (Å²) in [4.78, 5) is 6.78. The molecule has 0 saturated heterocycles. The van der Waals surface area contributed by atoms with Crippen LogP contribution in [0.1, 0.15) is 43.2 Å². The van der Waals surface area contributed by atoms with E-state index in [0.29, 0.717) is 45.2 Å². The Kier molecular flexibility index (Phi) is 7.57. The molecule has 32 heavy (non-hydrogen) atoms. The quantitative estimate of drug-likeness (QED) is 0.353. The SMILES string of the molecule is CN(C)C(c1ccc(Cl)cc1)C1CCC(/C=C/c2nc(-c3cccc(Cl)c3Cl)no2)CC1. The van der Waals surface area contributed by atoms with Crippen LogP contribution in [0.3, 0.4) is 0 Å². The fourth-order valence-electron chi connectivity index (χ4n) is 4.61. The molecule has 1 heterocycles. The monoisotopic (exact) mass is 489 g/mol. The molecule has 1 aromatic heterocycles. The highest BCUT2D eigenvalue weighted by Crippen LogP contribution is 2.40. The molecule has 1 atom stereocenters. The molecule has 4 nitrogen and oxygen atoms in total. The Morgan fingerprint density at radius 3 is 2.41 bits per heavy atom. The molecule has 168 valence electrons. The lowest BCUT2D eigenvalue weighted by molar-refractivity contribution is 0.159. The van der Waals surface area contributed by atoms with Crippen LogP contribution >= 0.6 is 34.8 Å². The van der Waals surface area contributed by atoms with E-state index in [9.17, 15) is 0 Å². The number of nitrogens with zero attached hydrogens (tertiary/aromatic N) is 3. The summed E-state index contributed by atoms with van der Waals surface area (Å²) in [6, 6.07) is 14.1. The molecule has 1 fully saturated rings. The Bertz CT molecular complexity index is 1070. The van der Waals surface area contributed by atoms with Gasteiger partial charge in [-0.2, -0.15) is 4.98 Å². The summed E-state index contributed by atoms with van der Waals surface area (Å²) in [6.45, 7) is 0. The minimum atomic E-state index is 0.401. The van der Waals surface area contributed by atoms with Gasteiger partial charge in [-0.15, -0.1) is 0 Å². The van der Waals surface area contributed by atoms with Crippen LogP contribution < -0.4 is 0 Å². The molecule has 0 spiro atoms. The fraction of sp³-hybridized carbons (Fsp3) is 0.360. The van der Waals surface area contributed by atoms with E-state index in [1.807, 2.05) is 30.3 Å². The summed E-state index contributed by atoms with van der Waals surface area (Å²) >= 11 is 18.4. The Morgan fingerprint density at radius 1 is 1.00 bits per heavy atom. The molecule has 4 rings (SSSR count). The van der Waals surface area contributed by atoms with Crippen LogP contribution in [0.15, 0.2) is 53.1 Å². The second-order valence-corrected chi connectivity index (χ2v) is 9.77. The van der Waals surface area contributed by atoms with Crippen molar-refractivity contribution in [1.29, 1.82) is 0 Å². The molecule has 2 aromatic carbocycles. The van der Waals surface area contributed by atoms with E-state index >= 15 is 0 Å². The molecule has 1 aliphatic carbocycles. The molecular weight excluding hydrogens is 465 g/mol. The standard InChI is InChI=1S/C25H26Cl3N3O/c1-31(2)24(18-11-13-19(26)14-12-18)17-9-6-16(7-10-17)8-15-22-29-25(30-32-22)20-4-3-5-21(27)23(20)28/h3-5,8,11-17,24H,6-7,9-10H2,1-2H3/b15-8+. The van der Waals surface area contributed by atoms with Crippen molar-refractivity contribution in [3.63, 3.8) is 0 Å². The maximum Gasteiger partial charge on any atom is 0.250 e. The predicted octanol–water partition coefficient (Wildman–Crippen LogP) is 7.82. The van der Waals surface area contributed by atoms with Crippen molar-refractivity contribution in [3.8, 4) is 11.4 Å². The smallest absolute Gasteiger partial charge is 0.250 e.